The number of hydrogen-bond acceptors (Lipinski definition) is 7. The molecule has 5 bridgehead atoms. The van der Waals surface area contributed by atoms with Gasteiger partial charge in [0, 0.05) is 43.3 Å². The Morgan fingerprint density at radius 3 is 2.77 bits per heavy atom. The van der Waals surface area contributed by atoms with E-state index in [2.05, 4.69) is 11.0 Å². The van der Waals surface area contributed by atoms with Crippen molar-refractivity contribution in [2.45, 2.75) is 30.3 Å². The Balaban J connectivity index is 1.54. The number of benzene rings is 1. The first-order valence-corrected chi connectivity index (χ1v) is 10.7. The van der Waals surface area contributed by atoms with Crippen LogP contribution in [0.1, 0.15) is 18.4 Å². The summed E-state index contributed by atoms with van der Waals surface area (Å²) >= 11 is 0. The summed E-state index contributed by atoms with van der Waals surface area (Å²) in [4.78, 5) is 7.70. The van der Waals surface area contributed by atoms with Crippen molar-refractivity contribution in [1.82, 2.24) is 4.90 Å². The number of aliphatic imine (C=N–C) groups is 1. The maximum Gasteiger partial charge on any atom is 0.201 e. The molecule has 7 heteroatoms. The van der Waals surface area contributed by atoms with Crippen molar-refractivity contribution in [1.29, 1.82) is 0 Å². The molecular formula is C23H28N2O5. The van der Waals surface area contributed by atoms with Gasteiger partial charge in [0.25, 0.3) is 0 Å². The van der Waals surface area contributed by atoms with Crippen LogP contribution in [0.25, 0.3) is 0 Å². The number of hydrogen-bond donors (Lipinski definition) is 0. The number of nitrogens with zero attached hydrogens (tertiary/aromatic N) is 2. The molecule has 5 fully saturated rings. The standard InChI is InChI=1S/C23H28N2O5/c1-26-6-5-12-10-25-15-9-23-18(25)7-13(12)14(15)11-30-22(23)24-20-16(27-2)8-17(28-3)21(29-4)19(20)23/h5,8,13-15,18H,6-7,9-11H2,1-4H3/t13-,14-,15-,18-,23-/m0/s1. The number of ether oxygens (including phenoxy) is 5. The lowest BCUT2D eigenvalue weighted by molar-refractivity contribution is -0.0156. The second-order valence-corrected chi connectivity index (χ2v) is 8.94. The van der Waals surface area contributed by atoms with E-state index >= 15 is 0 Å². The molecule has 1 spiro atoms. The molecule has 6 heterocycles. The number of piperidine rings is 3. The Kier molecular flexibility index (Phi) is 3.93. The first kappa shape index (κ1) is 18.5. The molecule has 0 saturated carbocycles. The van der Waals surface area contributed by atoms with Gasteiger partial charge in [-0.1, -0.05) is 11.6 Å². The van der Waals surface area contributed by atoms with Crippen molar-refractivity contribution in [3.8, 4) is 17.2 Å². The van der Waals surface area contributed by atoms with Crippen molar-refractivity contribution >= 4 is 11.6 Å². The predicted octanol–water partition coefficient (Wildman–Crippen LogP) is 2.69. The molecule has 6 aliphatic heterocycles. The molecule has 1 aromatic carbocycles. The van der Waals surface area contributed by atoms with E-state index < -0.39 is 0 Å². The molecule has 0 amide bonds. The van der Waals surface area contributed by atoms with Crippen LogP contribution >= 0.6 is 0 Å². The van der Waals surface area contributed by atoms with Crippen LogP contribution in [-0.4, -0.2) is 71.1 Å². The van der Waals surface area contributed by atoms with Crippen LogP contribution in [0.5, 0.6) is 17.2 Å². The zero-order valence-electron chi connectivity index (χ0n) is 17.9. The highest BCUT2D eigenvalue weighted by atomic mass is 16.5. The van der Waals surface area contributed by atoms with E-state index in [4.69, 9.17) is 28.7 Å². The normalized spacial score (nSPS) is 38.1. The highest BCUT2D eigenvalue weighted by Gasteiger charge is 2.70. The molecule has 0 aromatic heterocycles. The van der Waals surface area contributed by atoms with Gasteiger partial charge in [0.2, 0.25) is 5.90 Å². The van der Waals surface area contributed by atoms with Gasteiger partial charge in [-0.25, -0.2) is 4.99 Å². The lowest BCUT2D eigenvalue weighted by Gasteiger charge is -2.54. The number of rotatable bonds is 5. The molecule has 7 nitrogen and oxygen atoms in total. The fourth-order valence-corrected chi connectivity index (χ4v) is 6.91. The predicted molar refractivity (Wildman–Crippen MR) is 111 cm³/mol. The fraction of sp³-hybridized carbons (Fsp3) is 0.609. The van der Waals surface area contributed by atoms with E-state index in [1.165, 1.54) is 5.57 Å². The van der Waals surface area contributed by atoms with E-state index in [0.717, 1.165) is 42.3 Å². The van der Waals surface area contributed by atoms with E-state index in [9.17, 15) is 0 Å². The fourth-order valence-electron chi connectivity index (χ4n) is 6.91. The second kappa shape index (κ2) is 6.37. The molecule has 5 saturated heterocycles. The van der Waals surface area contributed by atoms with E-state index in [1.807, 2.05) is 6.07 Å². The number of fused-ring (bicyclic) bond motifs is 2. The molecule has 6 atom stereocenters. The molecule has 30 heavy (non-hydrogen) atoms. The minimum absolute atomic E-state index is 0.302. The van der Waals surface area contributed by atoms with E-state index in [0.29, 0.717) is 48.6 Å². The SMILES string of the molecule is COCC=C1CN2[C@H]3C[C@@H]1[C@@H]1COC4=Nc5c(OC)cc(OC)c(OC)c5[C@@]43C[C@@H]12. The Morgan fingerprint density at radius 2 is 2.03 bits per heavy atom. The highest BCUT2D eigenvalue weighted by Crippen LogP contribution is 2.66. The smallest absolute Gasteiger partial charge is 0.201 e. The van der Waals surface area contributed by atoms with Gasteiger partial charge < -0.3 is 23.7 Å². The third kappa shape index (κ3) is 2.05. The van der Waals surface area contributed by atoms with E-state index in [1.54, 1.807) is 28.4 Å². The van der Waals surface area contributed by atoms with Crippen LogP contribution in [0.4, 0.5) is 5.69 Å². The quantitative estimate of drug-likeness (QED) is 0.693. The summed E-state index contributed by atoms with van der Waals surface area (Å²) in [5.74, 6) is 4.03. The van der Waals surface area contributed by atoms with Gasteiger partial charge >= 0.3 is 0 Å². The van der Waals surface area contributed by atoms with Gasteiger partial charge in [-0.3, -0.25) is 4.90 Å². The summed E-state index contributed by atoms with van der Waals surface area (Å²) in [5.41, 5.74) is 3.12. The van der Waals surface area contributed by atoms with Crippen molar-refractivity contribution in [3.05, 3.63) is 23.3 Å². The first-order valence-electron chi connectivity index (χ1n) is 10.7. The molecule has 0 radical (unpaired) electrons. The van der Waals surface area contributed by atoms with Gasteiger partial charge in [-0.05, 0) is 18.8 Å². The molecule has 1 unspecified atom stereocenters. The zero-order chi connectivity index (χ0) is 20.6. The molecule has 0 N–H and O–H groups in total. The lowest BCUT2D eigenvalue weighted by atomic mass is 9.68. The Labute approximate surface area is 176 Å². The lowest BCUT2D eigenvalue weighted by Crippen LogP contribution is -2.61. The molecule has 6 aliphatic rings. The van der Waals surface area contributed by atoms with Crippen molar-refractivity contribution in [3.63, 3.8) is 0 Å². The highest BCUT2D eigenvalue weighted by molar-refractivity contribution is 6.01. The zero-order valence-corrected chi connectivity index (χ0v) is 17.9. The van der Waals surface area contributed by atoms with Gasteiger partial charge in [0.05, 0.1) is 40.0 Å². The topological polar surface area (TPSA) is 61.8 Å². The summed E-state index contributed by atoms with van der Waals surface area (Å²) in [6, 6.07) is 2.70. The van der Waals surface area contributed by atoms with Crippen molar-refractivity contribution in [2.75, 3.05) is 48.2 Å². The van der Waals surface area contributed by atoms with Crippen molar-refractivity contribution < 1.29 is 23.7 Å². The largest absolute Gasteiger partial charge is 0.494 e. The summed E-state index contributed by atoms with van der Waals surface area (Å²) in [6.45, 7) is 2.39. The second-order valence-electron chi connectivity index (χ2n) is 8.94. The van der Waals surface area contributed by atoms with Gasteiger partial charge in [0.15, 0.2) is 11.5 Å². The van der Waals surface area contributed by atoms with Gasteiger partial charge in [-0.2, -0.15) is 0 Å². The maximum atomic E-state index is 6.46. The summed E-state index contributed by atoms with van der Waals surface area (Å²) in [7, 11) is 6.81. The van der Waals surface area contributed by atoms with Crippen LogP contribution in [0.2, 0.25) is 0 Å². The Morgan fingerprint density at radius 1 is 1.20 bits per heavy atom. The maximum absolute atomic E-state index is 6.46. The minimum Gasteiger partial charge on any atom is -0.494 e. The van der Waals surface area contributed by atoms with Crippen molar-refractivity contribution in [2.24, 2.45) is 16.8 Å². The van der Waals surface area contributed by atoms with Crippen LogP contribution in [0.15, 0.2) is 22.7 Å². The average molecular weight is 412 g/mol. The van der Waals surface area contributed by atoms with Crippen LogP contribution < -0.4 is 14.2 Å². The minimum atomic E-state index is -0.302. The summed E-state index contributed by atoms with van der Waals surface area (Å²) in [5, 5.41) is 0. The number of methoxy groups -OCH3 is 4. The monoisotopic (exact) mass is 412 g/mol. The molecule has 1 aromatic rings. The first-order chi connectivity index (χ1) is 14.7. The van der Waals surface area contributed by atoms with Gasteiger partial charge in [0.1, 0.15) is 11.4 Å². The average Bonchev–Trinajstić information content (AvgIpc) is 3.14. The summed E-state index contributed by atoms with van der Waals surface area (Å²) in [6.07, 6.45) is 4.40. The van der Waals surface area contributed by atoms with Crippen LogP contribution in [-0.2, 0) is 14.9 Å². The van der Waals surface area contributed by atoms with Gasteiger partial charge in [-0.15, -0.1) is 0 Å². The molecular weight excluding hydrogens is 384 g/mol. The van der Waals surface area contributed by atoms with Crippen LogP contribution in [0.3, 0.4) is 0 Å². The molecule has 160 valence electrons. The molecule has 7 rings (SSSR count). The summed E-state index contributed by atoms with van der Waals surface area (Å²) < 4.78 is 29.1. The Bertz CT molecular complexity index is 973. The third-order valence-electron chi connectivity index (χ3n) is 8.05. The Hall–Kier alpha value is -2.25. The third-order valence-corrected chi connectivity index (χ3v) is 8.05. The van der Waals surface area contributed by atoms with E-state index in [-0.39, 0.29) is 5.41 Å². The van der Waals surface area contributed by atoms with Crippen LogP contribution in [0, 0.1) is 11.8 Å². The molecule has 0 aliphatic carbocycles.